The van der Waals surface area contributed by atoms with Crippen LogP contribution in [0.3, 0.4) is 0 Å². The van der Waals surface area contributed by atoms with Gasteiger partial charge >= 0.3 is 0 Å². The van der Waals surface area contributed by atoms with Crippen molar-refractivity contribution in [2.75, 3.05) is 0 Å². The van der Waals surface area contributed by atoms with E-state index >= 15 is 0 Å². The van der Waals surface area contributed by atoms with Crippen LogP contribution in [0.2, 0.25) is 0 Å². The molecule has 2 atom stereocenters. The predicted octanol–water partition coefficient (Wildman–Crippen LogP) is 3.33. The summed E-state index contributed by atoms with van der Waals surface area (Å²) in [7, 11) is 0. The molecule has 78 valence electrons. The molecule has 0 saturated heterocycles. The van der Waals surface area contributed by atoms with Crippen molar-refractivity contribution >= 4 is 0 Å². The highest BCUT2D eigenvalue weighted by Crippen LogP contribution is 2.45. The van der Waals surface area contributed by atoms with E-state index < -0.39 is 0 Å². The van der Waals surface area contributed by atoms with E-state index in [1.807, 2.05) is 0 Å². The maximum absolute atomic E-state index is 6.27. The minimum atomic E-state index is 0.238. The monoisotopic (exact) mass is 183 g/mol. The summed E-state index contributed by atoms with van der Waals surface area (Å²) in [6.07, 6.45) is 7.85. The largest absolute Gasteiger partial charge is 0.325 e. The van der Waals surface area contributed by atoms with Crippen molar-refractivity contribution in [3.63, 3.8) is 0 Å². The molecule has 0 aromatic carbocycles. The molecule has 1 saturated carbocycles. The van der Waals surface area contributed by atoms with Gasteiger partial charge in [0.2, 0.25) is 0 Å². The van der Waals surface area contributed by atoms with E-state index in [-0.39, 0.29) is 5.54 Å². The van der Waals surface area contributed by atoms with E-state index in [4.69, 9.17) is 5.73 Å². The molecule has 1 heteroatoms. The third-order valence-corrected chi connectivity index (χ3v) is 3.71. The Hall–Kier alpha value is -0.0400. The van der Waals surface area contributed by atoms with Crippen LogP contribution in [0.4, 0.5) is 0 Å². The van der Waals surface area contributed by atoms with Crippen LogP contribution in [-0.2, 0) is 0 Å². The van der Waals surface area contributed by atoms with E-state index in [0.29, 0.717) is 0 Å². The van der Waals surface area contributed by atoms with Crippen LogP contribution in [0, 0.1) is 11.8 Å². The van der Waals surface area contributed by atoms with Crippen molar-refractivity contribution in [1.82, 2.24) is 0 Å². The van der Waals surface area contributed by atoms with Gasteiger partial charge in [-0.1, -0.05) is 46.5 Å². The zero-order valence-corrected chi connectivity index (χ0v) is 9.47. The summed E-state index contributed by atoms with van der Waals surface area (Å²) in [6, 6.07) is 0. The Morgan fingerprint density at radius 2 is 1.92 bits per heavy atom. The van der Waals surface area contributed by atoms with Crippen molar-refractivity contribution in [3.05, 3.63) is 0 Å². The Kier molecular flexibility index (Phi) is 3.78. The minimum absolute atomic E-state index is 0.238. The van der Waals surface area contributed by atoms with Crippen LogP contribution < -0.4 is 5.73 Å². The highest BCUT2D eigenvalue weighted by Gasteiger charge is 2.46. The van der Waals surface area contributed by atoms with Crippen molar-refractivity contribution in [1.29, 1.82) is 0 Å². The second kappa shape index (κ2) is 4.45. The molecule has 13 heavy (non-hydrogen) atoms. The number of hydrogen-bond acceptors (Lipinski definition) is 1. The lowest BCUT2D eigenvalue weighted by Crippen LogP contribution is -2.36. The lowest BCUT2D eigenvalue weighted by molar-refractivity contribution is 0.258. The number of unbranched alkanes of at least 4 members (excludes halogenated alkanes) is 1. The van der Waals surface area contributed by atoms with E-state index in [1.165, 1.54) is 38.5 Å². The SMILES string of the molecule is CCCCC(C)C(CC)C1(N)CC1. The van der Waals surface area contributed by atoms with E-state index in [2.05, 4.69) is 20.8 Å². The van der Waals surface area contributed by atoms with E-state index in [1.54, 1.807) is 0 Å². The molecule has 1 aliphatic rings. The smallest absolute Gasteiger partial charge is 0.0186 e. The minimum Gasteiger partial charge on any atom is -0.325 e. The van der Waals surface area contributed by atoms with Gasteiger partial charge in [0.25, 0.3) is 0 Å². The summed E-state index contributed by atoms with van der Waals surface area (Å²) in [6.45, 7) is 6.94. The number of rotatable bonds is 6. The molecule has 0 amide bonds. The van der Waals surface area contributed by atoms with Crippen molar-refractivity contribution in [3.8, 4) is 0 Å². The van der Waals surface area contributed by atoms with E-state index in [0.717, 1.165) is 11.8 Å². The van der Waals surface area contributed by atoms with Gasteiger partial charge in [0.05, 0.1) is 0 Å². The molecular formula is C12H25N. The summed E-state index contributed by atoms with van der Waals surface area (Å²) in [5.74, 6) is 1.61. The van der Waals surface area contributed by atoms with Crippen LogP contribution in [0.1, 0.15) is 59.3 Å². The lowest BCUT2D eigenvalue weighted by Gasteiger charge is -2.28. The maximum Gasteiger partial charge on any atom is 0.0186 e. The molecule has 0 aromatic rings. The molecule has 0 bridgehead atoms. The van der Waals surface area contributed by atoms with Gasteiger partial charge in [-0.3, -0.25) is 0 Å². The Morgan fingerprint density at radius 1 is 1.31 bits per heavy atom. The molecule has 0 spiro atoms. The average molecular weight is 183 g/mol. The molecule has 1 rings (SSSR count). The van der Waals surface area contributed by atoms with Crippen LogP contribution in [-0.4, -0.2) is 5.54 Å². The third-order valence-electron chi connectivity index (χ3n) is 3.71. The molecule has 1 aliphatic carbocycles. The van der Waals surface area contributed by atoms with E-state index in [9.17, 15) is 0 Å². The Bertz CT molecular complexity index is 149. The molecule has 0 aromatic heterocycles. The topological polar surface area (TPSA) is 26.0 Å². The standard InChI is InChI=1S/C12H25N/c1-4-6-7-10(3)11(5-2)12(13)8-9-12/h10-11H,4-9,13H2,1-3H3. The van der Waals surface area contributed by atoms with Crippen LogP contribution in [0.5, 0.6) is 0 Å². The molecular weight excluding hydrogens is 158 g/mol. The van der Waals surface area contributed by atoms with Crippen molar-refractivity contribution in [2.45, 2.75) is 64.8 Å². The molecule has 2 unspecified atom stereocenters. The first-order valence-electron chi connectivity index (χ1n) is 5.93. The second-order valence-electron chi connectivity index (χ2n) is 4.87. The number of hydrogen-bond donors (Lipinski definition) is 1. The first-order valence-corrected chi connectivity index (χ1v) is 5.93. The first kappa shape index (κ1) is 11.0. The quantitative estimate of drug-likeness (QED) is 0.671. The van der Waals surface area contributed by atoms with Gasteiger partial charge in [-0.2, -0.15) is 0 Å². The molecule has 2 N–H and O–H groups in total. The summed E-state index contributed by atoms with van der Waals surface area (Å²) in [4.78, 5) is 0. The number of nitrogens with two attached hydrogens (primary N) is 1. The summed E-state index contributed by atoms with van der Waals surface area (Å²) in [5.41, 5.74) is 6.51. The zero-order chi connectivity index (χ0) is 9.90. The molecule has 0 heterocycles. The second-order valence-corrected chi connectivity index (χ2v) is 4.87. The van der Waals surface area contributed by atoms with Gasteiger partial charge in [-0.25, -0.2) is 0 Å². The fourth-order valence-electron chi connectivity index (χ4n) is 2.62. The summed E-state index contributed by atoms with van der Waals surface area (Å²) >= 11 is 0. The molecule has 1 fully saturated rings. The van der Waals surface area contributed by atoms with Gasteiger partial charge in [0.1, 0.15) is 0 Å². The Balaban J connectivity index is 2.36. The van der Waals surface area contributed by atoms with Gasteiger partial charge in [-0.05, 0) is 24.7 Å². The normalized spacial score (nSPS) is 24.0. The Labute approximate surface area is 83.1 Å². The lowest BCUT2D eigenvalue weighted by atomic mass is 9.81. The zero-order valence-electron chi connectivity index (χ0n) is 9.47. The van der Waals surface area contributed by atoms with Gasteiger partial charge in [0, 0.05) is 5.54 Å². The fourth-order valence-corrected chi connectivity index (χ4v) is 2.62. The summed E-state index contributed by atoms with van der Waals surface area (Å²) in [5, 5.41) is 0. The maximum atomic E-state index is 6.27. The average Bonchev–Trinajstić information content (AvgIpc) is 2.82. The molecule has 1 nitrogen and oxygen atoms in total. The van der Waals surface area contributed by atoms with Crippen LogP contribution >= 0.6 is 0 Å². The Morgan fingerprint density at radius 3 is 2.31 bits per heavy atom. The van der Waals surface area contributed by atoms with Crippen molar-refractivity contribution in [2.24, 2.45) is 17.6 Å². The predicted molar refractivity (Wildman–Crippen MR) is 58.6 cm³/mol. The summed E-state index contributed by atoms with van der Waals surface area (Å²) < 4.78 is 0. The fraction of sp³-hybridized carbons (Fsp3) is 1.00. The van der Waals surface area contributed by atoms with Gasteiger partial charge in [0.15, 0.2) is 0 Å². The highest BCUT2D eigenvalue weighted by atomic mass is 14.8. The van der Waals surface area contributed by atoms with Crippen molar-refractivity contribution < 1.29 is 0 Å². The van der Waals surface area contributed by atoms with Crippen LogP contribution in [0.15, 0.2) is 0 Å². The molecule has 0 aliphatic heterocycles. The molecule has 0 radical (unpaired) electrons. The van der Waals surface area contributed by atoms with Gasteiger partial charge < -0.3 is 5.73 Å². The van der Waals surface area contributed by atoms with Gasteiger partial charge in [-0.15, -0.1) is 0 Å². The highest BCUT2D eigenvalue weighted by molar-refractivity contribution is 5.04. The first-order chi connectivity index (χ1) is 6.14. The third kappa shape index (κ3) is 2.70. The van der Waals surface area contributed by atoms with Crippen LogP contribution in [0.25, 0.3) is 0 Å².